The standard InChI is InChI=1S/C27H41N5O5/c1-31(2)14-6-13-28-25(33)16-20-10-11-22-24(37-20)17-36-23-12-9-19(15-21(23)26(34)32(22)3)30-27(35)29-18-7-4-5-8-18/h9,12,15,18,20,22,24H,4-8,10-11,13-14,16-17H2,1-3H3,(H,28,33)(H2,29,30,35)/t20-,22+,24+/m1/s1. The lowest BCUT2D eigenvalue weighted by Crippen LogP contribution is -2.54. The molecule has 2 fully saturated rings. The number of ether oxygens (including phenoxy) is 2. The highest BCUT2D eigenvalue weighted by Crippen LogP contribution is 2.32. The van der Waals surface area contributed by atoms with Crippen molar-refractivity contribution >= 4 is 23.5 Å². The van der Waals surface area contributed by atoms with Crippen molar-refractivity contribution in [2.24, 2.45) is 0 Å². The third kappa shape index (κ3) is 7.35. The number of fused-ring (bicyclic) bond motifs is 2. The maximum Gasteiger partial charge on any atom is 0.319 e. The molecule has 0 aromatic heterocycles. The van der Waals surface area contributed by atoms with E-state index in [4.69, 9.17) is 9.47 Å². The first kappa shape index (κ1) is 27.2. The van der Waals surface area contributed by atoms with Crippen molar-refractivity contribution in [1.29, 1.82) is 0 Å². The summed E-state index contributed by atoms with van der Waals surface area (Å²) in [7, 11) is 5.80. The van der Waals surface area contributed by atoms with Gasteiger partial charge in [0, 0.05) is 25.3 Å². The molecule has 10 heteroatoms. The maximum atomic E-state index is 13.4. The summed E-state index contributed by atoms with van der Waals surface area (Å²) in [6.07, 6.45) is 6.38. The van der Waals surface area contributed by atoms with Crippen LogP contribution in [0, 0.1) is 0 Å². The zero-order chi connectivity index (χ0) is 26.4. The lowest BCUT2D eigenvalue weighted by molar-refractivity contribution is -0.134. The van der Waals surface area contributed by atoms with Gasteiger partial charge in [0.2, 0.25) is 5.91 Å². The number of amides is 4. The molecular weight excluding hydrogens is 474 g/mol. The Bertz CT molecular complexity index is 965. The molecule has 0 unspecified atom stereocenters. The fourth-order valence-corrected chi connectivity index (χ4v) is 5.43. The molecular formula is C27H41N5O5. The SMILES string of the molecule is CN(C)CCCNC(=O)C[C@H]1CC[C@H]2[C@H](COc3ccc(NC(=O)NC4CCCC4)cc3C(=O)N2C)O1. The van der Waals surface area contributed by atoms with Crippen LogP contribution in [-0.2, 0) is 9.53 Å². The predicted octanol–water partition coefficient (Wildman–Crippen LogP) is 2.59. The van der Waals surface area contributed by atoms with E-state index in [0.717, 1.165) is 45.1 Å². The minimum atomic E-state index is -0.322. The monoisotopic (exact) mass is 515 g/mol. The number of benzene rings is 1. The van der Waals surface area contributed by atoms with E-state index in [1.807, 2.05) is 14.1 Å². The van der Waals surface area contributed by atoms with Gasteiger partial charge in [0.15, 0.2) is 0 Å². The zero-order valence-electron chi connectivity index (χ0n) is 22.3. The quantitative estimate of drug-likeness (QED) is 0.459. The second-order valence-electron chi connectivity index (χ2n) is 10.7. The van der Waals surface area contributed by atoms with Crippen LogP contribution in [0.5, 0.6) is 5.75 Å². The van der Waals surface area contributed by atoms with Gasteiger partial charge in [-0.3, -0.25) is 9.59 Å². The van der Waals surface area contributed by atoms with E-state index in [0.29, 0.717) is 36.4 Å². The molecule has 0 radical (unpaired) electrons. The highest BCUT2D eigenvalue weighted by atomic mass is 16.5. The van der Waals surface area contributed by atoms with Gasteiger partial charge >= 0.3 is 6.03 Å². The number of carbonyl (C=O) groups is 3. The van der Waals surface area contributed by atoms with Crippen molar-refractivity contribution in [3.63, 3.8) is 0 Å². The first-order valence-corrected chi connectivity index (χ1v) is 13.5. The highest BCUT2D eigenvalue weighted by Gasteiger charge is 2.39. The largest absolute Gasteiger partial charge is 0.490 e. The molecule has 1 aromatic rings. The topological polar surface area (TPSA) is 112 Å². The minimum absolute atomic E-state index is 0.0132. The van der Waals surface area contributed by atoms with Gasteiger partial charge < -0.3 is 35.2 Å². The van der Waals surface area contributed by atoms with Gasteiger partial charge in [-0.05, 0) is 70.9 Å². The zero-order valence-corrected chi connectivity index (χ0v) is 22.3. The molecule has 3 atom stereocenters. The number of likely N-dealkylation sites (N-methyl/N-ethyl adjacent to an activating group) is 1. The third-order valence-corrected chi connectivity index (χ3v) is 7.48. The molecule has 4 amide bonds. The van der Waals surface area contributed by atoms with Crippen LogP contribution in [0.15, 0.2) is 18.2 Å². The number of nitrogens with one attached hydrogen (secondary N) is 3. The van der Waals surface area contributed by atoms with E-state index >= 15 is 0 Å². The lowest BCUT2D eigenvalue weighted by Gasteiger charge is -2.42. The Labute approximate surface area is 219 Å². The second-order valence-corrected chi connectivity index (χ2v) is 10.7. The van der Waals surface area contributed by atoms with Crippen molar-refractivity contribution in [3.05, 3.63) is 23.8 Å². The molecule has 1 saturated carbocycles. The normalized spacial score (nSPS) is 23.9. The minimum Gasteiger partial charge on any atom is -0.490 e. The maximum absolute atomic E-state index is 13.4. The summed E-state index contributed by atoms with van der Waals surface area (Å²) in [5, 5.41) is 8.82. The Morgan fingerprint density at radius 2 is 1.92 bits per heavy atom. The summed E-state index contributed by atoms with van der Waals surface area (Å²) in [6, 6.07) is 4.94. The van der Waals surface area contributed by atoms with E-state index in [2.05, 4.69) is 20.9 Å². The van der Waals surface area contributed by atoms with Crippen molar-refractivity contribution in [3.8, 4) is 5.75 Å². The molecule has 3 aliphatic rings. The summed E-state index contributed by atoms with van der Waals surface area (Å²) < 4.78 is 12.3. The van der Waals surface area contributed by atoms with Gasteiger partial charge in [-0.25, -0.2) is 4.79 Å². The first-order chi connectivity index (χ1) is 17.8. The van der Waals surface area contributed by atoms with Crippen LogP contribution in [-0.4, -0.2) is 92.8 Å². The van der Waals surface area contributed by atoms with E-state index in [9.17, 15) is 14.4 Å². The number of hydrogen-bond acceptors (Lipinski definition) is 6. The van der Waals surface area contributed by atoms with Crippen molar-refractivity contribution in [2.45, 2.75) is 75.7 Å². The van der Waals surface area contributed by atoms with Crippen molar-refractivity contribution in [2.75, 3.05) is 46.2 Å². The highest BCUT2D eigenvalue weighted by molar-refractivity contribution is 5.99. The van der Waals surface area contributed by atoms with Gasteiger partial charge in [-0.2, -0.15) is 0 Å². The number of hydrogen-bond donors (Lipinski definition) is 3. The number of anilines is 1. The number of carbonyl (C=O) groups excluding carboxylic acids is 3. The Balaban J connectivity index is 1.34. The fourth-order valence-electron chi connectivity index (χ4n) is 5.43. The predicted molar refractivity (Wildman–Crippen MR) is 141 cm³/mol. The molecule has 37 heavy (non-hydrogen) atoms. The smallest absolute Gasteiger partial charge is 0.319 e. The van der Waals surface area contributed by atoms with Crippen LogP contribution >= 0.6 is 0 Å². The Morgan fingerprint density at radius 1 is 1.14 bits per heavy atom. The van der Waals surface area contributed by atoms with Crippen molar-refractivity contribution < 1.29 is 23.9 Å². The van der Waals surface area contributed by atoms with E-state index in [-0.39, 0.29) is 48.7 Å². The molecule has 1 aliphatic carbocycles. The summed E-state index contributed by atoms with van der Waals surface area (Å²) in [5.41, 5.74) is 0.965. The molecule has 1 aromatic carbocycles. The van der Waals surface area contributed by atoms with Crippen molar-refractivity contribution in [1.82, 2.24) is 20.4 Å². The van der Waals surface area contributed by atoms with Gasteiger partial charge in [-0.15, -0.1) is 0 Å². The number of urea groups is 1. The second kappa shape index (κ2) is 12.6. The van der Waals surface area contributed by atoms with Crippen LogP contribution in [0.2, 0.25) is 0 Å². The van der Waals surface area contributed by atoms with E-state index < -0.39 is 0 Å². The van der Waals surface area contributed by atoms with Crippen LogP contribution in [0.4, 0.5) is 10.5 Å². The molecule has 3 N–H and O–H groups in total. The molecule has 0 spiro atoms. The van der Waals surface area contributed by atoms with Gasteiger partial charge in [-0.1, -0.05) is 12.8 Å². The van der Waals surface area contributed by atoms with Crippen LogP contribution in [0.25, 0.3) is 0 Å². The molecule has 204 valence electrons. The van der Waals surface area contributed by atoms with Crippen LogP contribution in [0.3, 0.4) is 0 Å². The molecule has 0 bridgehead atoms. The Morgan fingerprint density at radius 3 is 2.68 bits per heavy atom. The first-order valence-electron chi connectivity index (χ1n) is 13.5. The molecule has 2 heterocycles. The number of rotatable bonds is 8. The van der Waals surface area contributed by atoms with Gasteiger partial charge in [0.1, 0.15) is 18.5 Å². The Hall–Kier alpha value is -2.85. The molecule has 1 saturated heterocycles. The van der Waals surface area contributed by atoms with Crippen LogP contribution < -0.4 is 20.7 Å². The Kier molecular flexibility index (Phi) is 9.26. The van der Waals surface area contributed by atoms with Crippen LogP contribution in [0.1, 0.15) is 61.7 Å². The van der Waals surface area contributed by atoms with Gasteiger partial charge in [0.05, 0.1) is 24.1 Å². The summed E-state index contributed by atoms with van der Waals surface area (Å²) in [6.45, 7) is 1.85. The fraction of sp³-hybridized carbons (Fsp3) is 0.667. The molecule has 2 aliphatic heterocycles. The van der Waals surface area contributed by atoms with Gasteiger partial charge in [0.25, 0.3) is 5.91 Å². The van der Waals surface area contributed by atoms with E-state index in [1.54, 1.807) is 30.1 Å². The molecule has 4 rings (SSSR count). The summed E-state index contributed by atoms with van der Waals surface area (Å²) in [4.78, 5) is 42.0. The number of nitrogens with zero attached hydrogens (tertiary/aromatic N) is 2. The average Bonchev–Trinajstić information content (AvgIpc) is 3.37. The summed E-state index contributed by atoms with van der Waals surface area (Å²) in [5.74, 6) is 0.271. The third-order valence-electron chi connectivity index (χ3n) is 7.48. The molecule has 10 nitrogen and oxygen atoms in total. The average molecular weight is 516 g/mol. The lowest BCUT2D eigenvalue weighted by atomic mass is 9.94. The summed E-state index contributed by atoms with van der Waals surface area (Å²) >= 11 is 0. The van der Waals surface area contributed by atoms with E-state index in [1.165, 1.54) is 0 Å².